The van der Waals surface area contributed by atoms with Gasteiger partial charge in [0.1, 0.15) is 5.82 Å². The number of rotatable bonds is 4. The SMILES string of the molecule is CC(C)CC(=O)Nc1ccc(C(=O)N2CCC3CCC(C2)N3)cc1F.Cl. The highest BCUT2D eigenvalue weighted by Crippen LogP contribution is 2.23. The molecule has 2 fully saturated rings. The van der Waals surface area contributed by atoms with Crippen LogP contribution in [-0.2, 0) is 4.79 Å². The first-order valence-electron chi connectivity index (χ1n) is 9.07. The minimum absolute atomic E-state index is 0. The lowest BCUT2D eigenvalue weighted by molar-refractivity contribution is -0.116. The molecule has 0 aliphatic carbocycles. The molecule has 5 nitrogen and oxygen atoms in total. The van der Waals surface area contributed by atoms with Crippen molar-refractivity contribution in [3.63, 3.8) is 0 Å². The van der Waals surface area contributed by atoms with Gasteiger partial charge in [-0.05, 0) is 43.4 Å². The maximum atomic E-state index is 14.3. The van der Waals surface area contributed by atoms with E-state index in [9.17, 15) is 14.0 Å². The van der Waals surface area contributed by atoms with Crippen LogP contribution < -0.4 is 10.6 Å². The Morgan fingerprint density at radius 1 is 1.27 bits per heavy atom. The topological polar surface area (TPSA) is 61.4 Å². The maximum Gasteiger partial charge on any atom is 0.254 e. The minimum Gasteiger partial charge on any atom is -0.337 e. The van der Waals surface area contributed by atoms with Crippen molar-refractivity contribution in [1.29, 1.82) is 0 Å². The molecular formula is C19H27ClFN3O2. The molecule has 0 aromatic heterocycles. The molecule has 2 N–H and O–H groups in total. The fourth-order valence-corrected chi connectivity index (χ4v) is 3.63. The fourth-order valence-electron chi connectivity index (χ4n) is 3.63. The highest BCUT2D eigenvalue weighted by atomic mass is 35.5. The van der Waals surface area contributed by atoms with Crippen LogP contribution in [0.1, 0.15) is 49.9 Å². The van der Waals surface area contributed by atoms with Gasteiger partial charge in [0.2, 0.25) is 5.91 Å². The number of nitrogens with zero attached hydrogens (tertiary/aromatic N) is 1. The second-order valence-electron chi connectivity index (χ2n) is 7.52. The lowest BCUT2D eigenvalue weighted by atomic mass is 10.1. The van der Waals surface area contributed by atoms with Crippen LogP contribution in [0.25, 0.3) is 0 Å². The summed E-state index contributed by atoms with van der Waals surface area (Å²) in [7, 11) is 0. The van der Waals surface area contributed by atoms with Gasteiger partial charge in [-0.3, -0.25) is 9.59 Å². The summed E-state index contributed by atoms with van der Waals surface area (Å²) in [6, 6.07) is 5.13. The van der Waals surface area contributed by atoms with E-state index in [1.54, 1.807) is 6.07 Å². The van der Waals surface area contributed by atoms with Gasteiger partial charge in [-0.2, -0.15) is 0 Å². The number of anilines is 1. The molecule has 2 saturated heterocycles. The Kier molecular flexibility index (Phi) is 7.01. The Hall–Kier alpha value is -1.66. The zero-order valence-electron chi connectivity index (χ0n) is 15.3. The molecule has 2 heterocycles. The molecule has 7 heteroatoms. The van der Waals surface area contributed by atoms with Gasteiger partial charge >= 0.3 is 0 Å². The number of carbonyl (C=O) groups excluding carboxylic acids is 2. The zero-order valence-corrected chi connectivity index (χ0v) is 16.1. The van der Waals surface area contributed by atoms with Gasteiger partial charge in [0, 0.05) is 37.2 Å². The third-order valence-corrected chi connectivity index (χ3v) is 4.89. The second kappa shape index (κ2) is 8.82. The van der Waals surface area contributed by atoms with E-state index in [-0.39, 0.29) is 35.8 Å². The predicted octanol–water partition coefficient (Wildman–Crippen LogP) is 3.20. The van der Waals surface area contributed by atoms with E-state index in [0.717, 1.165) is 12.8 Å². The third kappa shape index (κ3) is 4.95. The van der Waals surface area contributed by atoms with Crippen LogP contribution in [0.5, 0.6) is 0 Å². The molecular weight excluding hydrogens is 357 g/mol. The molecule has 2 atom stereocenters. The van der Waals surface area contributed by atoms with Crippen molar-refractivity contribution in [2.45, 2.75) is 51.6 Å². The van der Waals surface area contributed by atoms with E-state index in [1.807, 2.05) is 18.7 Å². The molecule has 2 aliphatic rings. The van der Waals surface area contributed by atoms with E-state index in [1.165, 1.54) is 18.6 Å². The van der Waals surface area contributed by atoms with Gasteiger partial charge in [0.15, 0.2) is 0 Å². The van der Waals surface area contributed by atoms with Crippen LogP contribution in [0.4, 0.5) is 10.1 Å². The molecule has 2 amide bonds. The molecule has 144 valence electrons. The second-order valence-corrected chi connectivity index (χ2v) is 7.52. The Bertz CT molecular complexity index is 668. The molecule has 3 rings (SSSR count). The normalized spacial score (nSPS) is 21.9. The molecule has 0 saturated carbocycles. The number of amides is 2. The number of benzene rings is 1. The maximum absolute atomic E-state index is 14.3. The van der Waals surface area contributed by atoms with Crippen molar-refractivity contribution < 1.29 is 14.0 Å². The summed E-state index contributed by atoms with van der Waals surface area (Å²) < 4.78 is 14.3. The van der Waals surface area contributed by atoms with Gasteiger partial charge in [-0.15, -0.1) is 12.4 Å². The number of hydrogen-bond donors (Lipinski definition) is 2. The minimum atomic E-state index is -0.572. The summed E-state index contributed by atoms with van der Waals surface area (Å²) >= 11 is 0. The monoisotopic (exact) mass is 383 g/mol. The molecule has 2 bridgehead atoms. The van der Waals surface area contributed by atoms with Gasteiger partial charge in [0.25, 0.3) is 5.91 Å². The molecule has 26 heavy (non-hydrogen) atoms. The average molecular weight is 384 g/mol. The Morgan fingerprint density at radius 2 is 2.00 bits per heavy atom. The number of fused-ring (bicyclic) bond motifs is 2. The molecule has 2 unspecified atom stereocenters. The van der Waals surface area contributed by atoms with E-state index >= 15 is 0 Å². The van der Waals surface area contributed by atoms with Crippen molar-refractivity contribution in [2.75, 3.05) is 18.4 Å². The highest BCUT2D eigenvalue weighted by molar-refractivity contribution is 5.96. The van der Waals surface area contributed by atoms with Crippen LogP contribution in [0, 0.1) is 11.7 Å². The zero-order chi connectivity index (χ0) is 18.0. The summed E-state index contributed by atoms with van der Waals surface area (Å²) in [6.07, 6.45) is 3.53. The summed E-state index contributed by atoms with van der Waals surface area (Å²) in [5.41, 5.74) is 0.455. The average Bonchev–Trinajstić information content (AvgIpc) is 2.87. The lowest BCUT2D eigenvalue weighted by Gasteiger charge is -2.24. The lowest BCUT2D eigenvalue weighted by Crippen LogP contribution is -2.39. The summed E-state index contributed by atoms with van der Waals surface area (Å²) in [4.78, 5) is 26.3. The molecule has 0 radical (unpaired) electrons. The van der Waals surface area contributed by atoms with Crippen LogP contribution in [0.15, 0.2) is 18.2 Å². The smallest absolute Gasteiger partial charge is 0.254 e. The van der Waals surface area contributed by atoms with Crippen LogP contribution in [0.3, 0.4) is 0 Å². The quantitative estimate of drug-likeness (QED) is 0.839. The molecule has 1 aromatic carbocycles. The molecule has 1 aromatic rings. The Labute approximate surface area is 160 Å². The predicted molar refractivity (Wildman–Crippen MR) is 102 cm³/mol. The number of halogens is 2. The first-order valence-corrected chi connectivity index (χ1v) is 9.07. The first-order chi connectivity index (χ1) is 11.9. The first kappa shape index (κ1) is 20.6. The van der Waals surface area contributed by atoms with Crippen LogP contribution >= 0.6 is 12.4 Å². The molecule has 0 spiro atoms. The highest BCUT2D eigenvalue weighted by Gasteiger charge is 2.31. The largest absolute Gasteiger partial charge is 0.337 e. The van der Waals surface area contributed by atoms with Crippen LogP contribution in [0.2, 0.25) is 0 Å². The van der Waals surface area contributed by atoms with E-state index in [4.69, 9.17) is 0 Å². The number of carbonyl (C=O) groups is 2. The molecule has 2 aliphatic heterocycles. The van der Waals surface area contributed by atoms with Gasteiger partial charge in [-0.1, -0.05) is 13.8 Å². The van der Waals surface area contributed by atoms with Crippen molar-refractivity contribution in [3.05, 3.63) is 29.6 Å². The summed E-state index contributed by atoms with van der Waals surface area (Å²) in [6.45, 7) is 5.23. The summed E-state index contributed by atoms with van der Waals surface area (Å²) in [5, 5.41) is 6.10. The van der Waals surface area contributed by atoms with Gasteiger partial charge < -0.3 is 15.5 Å². The van der Waals surface area contributed by atoms with E-state index in [2.05, 4.69) is 10.6 Å². The summed E-state index contributed by atoms with van der Waals surface area (Å²) in [5.74, 6) is -0.732. The Balaban J connectivity index is 0.00000243. The third-order valence-electron chi connectivity index (χ3n) is 4.89. The van der Waals surface area contributed by atoms with Crippen molar-refractivity contribution in [3.8, 4) is 0 Å². The van der Waals surface area contributed by atoms with Gasteiger partial charge in [-0.25, -0.2) is 4.39 Å². The van der Waals surface area contributed by atoms with Crippen LogP contribution in [-0.4, -0.2) is 41.9 Å². The van der Waals surface area contributed by atoms with Crippen molar-refractivity contribution in [1.82, 2.24) is 10.2 Å². The number of nitrogens with one attached hydrogen (secondary N) is 2. The van der Waals surface area contributed by atoms with Gasteiger partial charge in [0.05, 0.1) is 5.69 Å². The van der Waals surface area contributed by atoms with E-state index < -0.39 is 5.82 Å². The van der Waals surface area contributed by atoms with Crippen molar-refractivity contribution >= 4 is 29.9 Å². The number of likely N-dealkylation sites (tertiary alicyclic amines) is 1. The Morgan fingerprint density at radius 3 is 2.69 bits per heavy atom. The fraction of sp³-hybridized carbons (Fsp3) is 0.579. The van der Waals surface area contributed by atoms with E-state index in [0.29, 0.717) is 37.2 Å². The standard InChI is InChI=1S/C19H26FN3O2.ClH/c1-12(2)9-18(24)22-17-6-3-13(10-16(17)20)19(25)23-8-7-14-4-5-15(11-23)21-14;/h3,6,10,12,14-15,21H,4-5,7-9,11H2,1-2H3,(H,22,24);1H. The van der Waals surface area contributed by atoms with Crippen molar-refractivity contribution in [2.24, 2.45) is 5.92 Å². The number of hydrogen-bond acceptors (Lipinski definition) is 3.